The topological polar surface area (TPSA) is 89.0 Å². The maximum Gasteiger partial charge on any atom is 0.409 e. The molecule has 2 amide bonds. The Bertz CT molecular complexity index is 663. The van der Waals surface area contributed by atoms with Gasteiger partial charge in [-0.15, -0.1) is 0 Å². The molecular formula is C15H17Cl2N3O5. The number of hydrogen-bond donors (Lipinski definition) is 0. The van der Waals surface area contributed by atoms with E-state index in [2.05, 4.69) is 4.98 Å². The van der Waals surface area contributed by atoms with E-state index in [1.165, 1.54) is 22.1 Å². The average molecular weight is 390 g/mol. The smallest absolute Gasteiger partial charge is 0.409 e. The number of hydrogen-bond acceptors (Lipinski definition) is 6. The molecule has 0 aliphatic carbocycles. The Balaban J connectivity index is 1.80. The van der Waals surface area contributed by atoms with E-state index >= 15 is 0 Å². The maximum absolute atomic E-state index is 12.1. The van der Waals surface area contributed by atoms with Gasteiger partial charge < -0.3 is 19.3 Å². The first-order valence-electron chi connectivity index (χ1n) is 7.60. The van der Waals surface area contributed by atoms with Crippen molar-refractivity contribution in [3.8, 4) is 0 Å². The summed E-state index contributed by atoms with van der Waals surface area (Å²) in [5, 5.41) is 0.200. The highest BCUT2D eigenvalue weighted by atomic mass is 35.5. The summed E-state index contributed by atoms with van der Waals surface area (Å²) in [5.74, 6) is -1.06. The quantitative estimate of drug-likeness (QED) is 0.576. The highest BCUT2D eigenvalue weighted by Gasteiger charge is 2.25. The third-order valence-electron chi connectivity index (χ3n) is 3.52. The third kappa shape index (κ3) is 5.20. The Labute approximate surface area is 154 Å². The summed E-state index contributed by atoms with van der Waals surface area (Å²) < 4.78 is 9.88. The van der Waals surface area contributed by atoms with E-state index in [1.54, 1.807) is 6.92 Å². The van der Waals surface area contributed by atoms with Crippen LogP contribution in [0.3, 0.4) is 0 Å². The van der Waals surface area contributed by atoms with Crippen molar-refractivity contribution in [2.45, 2.75) is 6.92 Å². The standard InChI is InChI=1S/C15H17Cl2N3O5/c1-2-24-15(23)20-5-3-19(4-6-20)12(21)9-25-14(22)10-7-11(16)13(17)18-8-10/h7-8H,2-6,9H2,1H3. The number of piperazine rings is 1. The molecule has 0 spiro atoms. The van der Waals surface area contributed by atoms with Crippen LogP contribution in [0.2, 0.25) is 10.2 Å². The highest BCUT2D eigenvalue weighted by Crippen LogP contribution is 2.20. The van der Waals surface area contributed by atoms with E-state index in [-0.39, 0.29) is 21.6 Å². The van der Waals surface area contributed by atoms with Gasteiger partial charge in [0.25, 0.3) is 5.91 Å². The lowest BCUT2D eigenvalue weighted by Crippen LogP contribution is -2.51. The summed E-state index contributed by atoms with van der Waals surface area (Å²) in [5.41, 5.74) is 0.106. The second-order valence-electron chi connectivity index (χ2n) is 5.14. The van der Waals surface area contributed by atoms with Gasteiger partial charge in [-0.2, -0.15) is 0 Å². The van der Waals surface area contributed by atoms with Gasteiger partial charge in [0.15, 0.2) is 6.61 Å². The summed E-state index contributed by atoms with van der Waals surface area (Å²) in [6.45, 7) is 3.07. The summed E-state index contributed by atoms with van der Waals surface area (Å²) in [4.78, 5) is 42.4. The predicted molar refractivity (Wildman–Crippen MR) is 89.7 cm³/mol. The molecule has 1 saturated heterocycles. The van der Waals surface area contributed by atoms with Crippen LogP contribution in [-0.4, -0.2) is 72.1 Å². The molecule has 1 aliphatic heterocycles. The summed E-state index contributed by atoms with van der Waals surface area (Å²) in [6.07, 6.45) is 0.826. The van der Waals surface area contributed by atoms with E-state index in [4.69, 9.17) is 32.7 Å². The van der Waals surface area contributed by atoms with Crippen molar-refractivity contribution in [2.75, 3.05) is 39.4 Å². The molecule has 8 nitrogen and oxygen atoms in total. The first-order valence-corrected chi connectivity index (χ1v) is 8.35. The molecule has 1 aromatic heterocycles. The number of pyridine rings is 1. The number of aromatic nitrogens is 1. The molecule has 1 aliphatic rings. The van der Waals surface area contributed by atoms with Crippen LogP contribution in [0.5, 0.6) is 0 Å². The molecule has 1 aromatic rings. The van der Waals surface area contributed by atoms with Crippen LogP contribution >= 0.6 is 23.2 Å². The van der Waals surface area contributed by atoms with Crippen molar-refractivity contribution < 1.29 is 23.9 Å². The van der Waals surface area contributed by atoms with Crippen molar-refractivity contribution in [3.63, 3.8) is 0 Å². The molecule has 0 saturated carbocycles. The molecule has 0 N–H and O–H groups in total. The van der Waals surface area contributed by atoms with Crippen molar-refractivity contribution in [1.82, 2.24) is 14.8 Å². The number of carbonyl (C=O) groups is 3. The number of nitrogens with zero attached hydrogens (tertiary/aromatic N) is 3. The number of carbonyl (C=O) groups excluding carboxylic acids is 3. The van der Waals surface area contributed by atoms with E-state index in [0.29, 0.717) is 32.8 Å². The van der Waals surface area contributed by atoms with Crippen molar-refractivity contribution >= 4 is 41.2 Å². The molecular weight excluding hydrogens is 373 g/mol. The summed E-state index contributed by atoms with van der Waals surface area (Å²) in [6, 6.07) is 1.32. The number of amides is 2. The largest absolute Gasteiger partial charge is 0.452 e. The van der Waals surface area contributed by atoms with Crippen LogP contribution in [0.25, 0.3) is 0 Å². The fraction of sp³-hybridized carbons (Fsp3) is 0.467. The molecule has 0 unspecified atom stereocenters. The lowest BCUT2D eigenvalue weighted by molar-refractivity contribution is -0.136. The zero-order valence-corrected chi connectivity index (χ0v) is 15.0. The Morgan fingerprint density at radius 1 is 1.12 bits per heavy atom. The van der Waals surface area contributed by atoms with Crippen molar-refractivity contribution in [3.05, 3.63) is 28.0 Å². The predicted octanol–water partition coefficient (Wildman–Crippen LogP) is 1.85. The van der Waals surface area contributed by atoms with Crippen LogP contribution in [-0.2, 0) is 14.3 Å². The molecule has 2 rings (SSSR count). The van der Waals surface area contributed by atoms with Crippen molar-refractivity contribution in [1.29, 1.82) is 0 Å². The number of rotatable bonds is 4. The van der Waals surface area contributed by atoms with Crippen LogP contribution in [0.1, 0.15) is 17.3 Å². The molecule has 0 radical (unpaired) electrons. The third-order valence-corrected chi connectivity index (χ3v) is 4.20. The van der Waals surface area contributed by atoms with E-state index in [1.807, 2.05) is 0 Å². The zero-order valence-electron chi connectivity index (χ0n) is 13.5. The van der Waals surface area contributed by atoms with Gasteiger partial charge in [-0.1, -0.05) is 23.2 Å². The minimum absolute atomic E-state index is 0.0776. The molecule has 0 bridgehead atoms. The minimum atomic E-state index is -0.718. The fourth-order valence-corrected chi connectivity index (χ4v) is 2.46. The van der Waals surface area contributed by atoms with E-state index in [0.717, 1.165) is 0 Å². The fourth-order valence-electron chi connectivity index (χ4n) is 2.19. The van der Waals surface area contributed by atoms with Gasteiger partial charge in [-0.25, -0.2) is 14.6 Å². The lowest BCUT2D eigenvalue weighted by atomic mass is 10.3. The second-order valence-corrected chi connectivity index (χ2v) is 5.90. The SMILES string of the molecule is CCOC(=O)N1CCN(C(=O)COC(=O)c2cnc(Cl)c(Cl)c2)CC1. The van der Waals surface area contributed by atoms with Crippen LogP contribution in [0, 0.1) is 0 Å². The average Bonchev–Trinajstić information content (AvgIpc) is 2.62. The lowest BCUT2D eigenvalue weighted by Gasteiger charge is -2.33. The molecule has 0 aromatic carbocycles. The van der Waals surface area contributed by atoms with Gasteiger partial charge in [0.05, 0.1) is 17.2 Å². The Hall–Kier alpha value is -2.06. The molecule has 1 fully saturated rings. The molecule has 0 atom stereocenters. The van der Waals surface area contributed by atoms with Crippen LogP contribution in [0.15, 0.2) is 12.3 Å². The summed E-state index contributed by atoms with van der Waals surface area (Å²) in [7, 11) is 0. The first kappa shape index (κ1) is 19.3. The minimum Gasteiger partial charge on any atom is -0.452 e. The second kappa shape index (κ2) is 8.87. The monoisotopic (exact) mass is 389 g/mol. The Morgan fingerprint density at radius 2 is 1.76 bits per heavy atom. The highest BCUT2D eigenvalue weighted by molar-refractivity contribution is 6.41. The van der Waals surface area contributed by atoms with E-state index < -0.39 is 18.7 Å². The Morgan fingerprint density at radius 3 is 2.36 bits per heavy atom. The van der Waals surface area contributed by atoms with Crippen LogP contribution < -0.4 is 0 Å². The molecule has 10 heteroatoms. The zero-order chi connectivity index (χ0) is 18.4. The van der Waals surface area contributed by atoms with Gasteiger partial charge >= 0.3 is 12.1 Å². The Kier molecular flexibility index (Phi) is 6.83. The number of esters is 1. The molecule has 2 heterocycles. The van der Waals surface area contributed by atoms with E-state index in [9.17, 15) is 14.4 Å². The van der Waals surface area contributed by atoms with Gasteiger partial charge in [-0.3, -0.25) is 4.79 Å². The maximum atomic E-state index is 12.1. The van der Waals surface area contributed by atoms with Gasteiger partial charge in [0.2, 0.25) is 0 Å². The van der Waals surface area contributed by atoms with Crippen LogP contribution in [0.4, 0.5) is 4.79 Å². The molecule has 25 heavy (non-hydrogen) atoms. The normalized spacial score (nSPS) is 14.2. The number of ether oxygens (including phenoxy) is 2. The van der Waals surface area contributed by atoms with Gasteiger partial charge in [0.1, 0.15) is 5.15 Å². The first-order chi connectivity index (χ1) is 11.9. The summed E-state index contributed by atoms with van der Waals surface area (Å²) >= 11 is 11.5. The number of halogens is 2. The van der Waals surface area contributed by atoms with Gasteiger partial charge in [0, 0.05) is 32.4 Å². The van der Waals surface area contributed by atoms with Crippen molar-refractivity contribution in [2.24, 2.45) is 0 Å². The van der Waals surface area contributed by atoms with Gasteiger partial charge in [-0.05, 0) is 13.0 Å². The molecule has 136 valence electrons.